The standard InChI is InChI=1S/C15H23NO4.ClH/c1-18-10-7-11(19-2)13(12(8-10)20-3)14(16)15(17)9-5-4-6-9;/h7-9,14-15,17H,4-6,16H2,1-3H3;1H/t14-,15+;/m0./s1. The van der Waals surface area contributed by atoms with Crippen LogP contribution in [-0.2, 0) is 0 Å². The smallest absolute Gasteiger partial charge is 0.131 e. The molecule has 2 rings (SSSR count). The summed E-state index contributed by atoms with van der Waals surface area (Å²) in [4.78, 5) is 0. The molecule has 0 aromatic heterocycles. The van der Waals surface area contributed by atoms with Crippen LogP contribution >= 0.6 is 12.4 Å². The van der Waals surface area contributed by atoms with E-state index in [4.69, 9.17) is 19.9 Å². The summed E-state index contributed by atoms with van der Waals surface area (Å²) in [5.41, 5.74) is 6.93. The number of ether oxygens (including phenoxy) is 3. The van der Waals surface area contributed by atoms with Crippen molar-refractivity contribution in [2.45, 2.75) is 31.4 Å². The Morgan fingerprint density at radius 1 is 1.10 bits per heavy atom. The highest BCUT2D eigenvalue weighted by molar-refractivity contribution is 5.85. The Bertz CT molecular complexity index is 440. The largest absolute Gasteiger partial charge is 0.496 e. The lowest BCUT2D eigenvalue weighted by Crippen LogP contribution is -2.36. The minimum Gasteiger partial charge on any atom is -0.496 e. The average Bonchev–Trinajstić information content (AvgIpc) is 2.42. The van der Waals surface area contributed by atoms with Gasteiger partial charge >= 0.3 is 0 Å². The van der Waals surface area contributed by atoms with Gasteiger partial charge in [0.15, 0.2) is 0 Å². The number of aliphatic hydroxyl groups excluding tert-OH is 1. The molecular weight excluding hydrogens is 294 g/mol. The maximum absolute atomic E-state index is 10.4. The Labute approximate surface area is 131 Å². The minimum absolute atomic E-state index is 0. The second kappa shape index (κ2) is 7.73. The van der Waals surface area contributed by atoms with Gasteiger partial charge in [-0.1, -0.05) is 6.42 Å². The maximum atomic E-state index is 10.4. The van der Waals surface area contributed by atoms with Crippen molar-refractivity contribution >= 4 is 12.4 Å². The van der Waals surface area contributed by atoms with E-state index in [9.17, 15) is 5.11 Å². The third-order valence-corrected chi connectivity index (χ3v) is 4.09. The molecular formula is C15H24ClNO4. The van der Waals surface area contributed by atoms with Gasteiger partial charge in [0, 0.05) is 12.1 Å². The van der Waals surface area contributed by atoms with E-state index in [0.29, 0.717) is 22.8 Å². The summed E-state index contributed by atoms with van der Waals surface area (Å²) in [5, 5.41) is 10.4. The normalized spacial score (nSPS) is 17.2. The summed E-state index contributed by atoms with van der Waals surface area (Å²) in [7, 11) is 4.72. The highest BCUT2D eigenvalue weighted by atomic mass is 35.5. The molecule has 0 heterocycles. The van der Waals surface area contributed by atoms with Crippen molar-refractivity contribution in [2.75, 3.05) is 21.3 Å². The second-order valence-electron chi connectivity index (χ2n) is 5.15. The fourth-order valence-electron chi connectivity index (χ4n) is 2.61. The molecule has 0 unspecified atom stereocenters. The summed E-state index contributed by atoms with van der Waals surface area (Å²) in [6, 6.07) is 2.98. The molecule has 1 aliphatic rings. The molecule has 1 aromatic carbocycles. The van der Waals surface area contributed by atoms with Crippen molar-refractivity contribution in [1.29, 1.82) is 0 Å². The molecule has 1 saturated carbocycles. The van der Waals surface area contributed by atoms with E-state index in [1.165, 1.54) is 0 Å². The lowest BCUT2D eigenvalue weighted by Gasteiger charge is -2.34. The Morgan fingerprint density at radius 2 is 1.62 bits per heavy atom. The van der Waals surface area contributed by atoms with Crippen LogP contribution in [0.5, 0.6) is 17.2 Å². The van der Waals surface area contributed by atoms with E-state index in [1.54, 1.807) is 33.5 Å². The maximum Gasteiger partial charge on any atom is 0.131 e. The molecule has 1 fully saturated rings. The number of rotatable bonds is 6. The molecule has 2 atom stereocenters. The van der Waals surface area contributed by atoms with Gasteiger partial charge in [0.2, 0.25) is 0 Å². The van der Waals surface area contributed by atoms with E-state index in [-0.39, 0.29) is 18.3 Å². The van der Waals surface area contributed by atoms with E-state index in [0.717, 1.165) is 19.3 Å². The fraction of sp³-hybridized carbons (Fsp3) is 0.600. The first-order valence-electron chi connectivity index (χ1n) is 6.86. The van der Waals surface area contributed by atoms with Gasteiger partial charge in [-0.05, 0) is 18.8 Å². The van der Waals surface area contributed by atoms with Crippen molar-refractivity contribution in [3.05, 3.63) is 17.7 Å². The SMILES string of the molecule is COc1cc(OC)c([C@H](N)[C@H](O)C2CCC2)c(OC)c1.Cl. The zero-order chi connectivity index (χ0) is 14.7. The highest BCUT2D eigenvalue weighted by Crippen LogP contribution is 2.42. The van der Waals surface area contributed by atoms with Gasteiger partial charge in [-0.15, -0.1) is 12.4 Å². The molecule has 1 aliphatic carbocycles. The molecule has 0 bridgehead atoms. The van der Waals surface area contributed by atoms with Gasteiger partial charge in [-0.3, -0.25) is 0 Å². The summed E-state index contributed by atoms with van der Waals surface area (Å²) in [6.07, 6.45) is 2.62. The first-order valence-corrected chi connectivity index (χ1v) is 6.86. The third-order valence-electron chi connectivity index (χ3n) is 4.09. The van der Waals surface area contributed by atoms with Gasteiger partial charge < -0.3 is 25.1 Å². The van der Waals surface area contributed by atoms with Crippen LogP contribution in [0, 0.1) is 5.92 Å². The Morgan fingerprint density at radius 3 is 1.95 bits per heavy atom. The molecule has 0 aliphatic heterocycles. The number of halogens is 1. The highest BCUT2D eigenvalue weighted by Gasteiger charge is 2.33. The van der Waals surface area contributed by atoms with Crippen LogP contribution in [0.3, 0.4) is 0 Å². The average molecular weight is 318 g/mol. The van der Waals surface area contributed by atoms with Crippen LogP contribution in [0.15, 0.2) is 12.1 Å². The van der Waals surface area contributed by atoms with Gasteiger partial charge in [0.25, 0.3) is 0 Å². The minimum atomic E-state index is -0.583. The Balaban J connectivity index is 0.00000220. The molecule has 0 amide bonds. The Hall–Kier alpha value is -1.17. The first kappa shape index (κ1) is 17.9. The van der Waals surface area contributed by atoms with Gasteiger partial charge in [0.1, 0.15) is 17.2 Å². The van der Waals surface area contributed by atoms with E-state index < -0.39 is 12.1 Å². The summed E-state index contributed by atoms with van der Waals surface area (Å²) < 4.78 is 16.0. The van der Waals surface area contributed by atoms with Crippen molar-refractivity contribution < 1.29 is 19.3 Å². The number of hydrogen-bond donors (Lipinski definition) is 2. The lowest BCUT2D eigenvalue weighted by atomic mass is 9.77. The molecule has 5 nitrogen and oxygen atoms in total. The van der Waals surface area contributed by atoms with Crippen LogP contribution < -0.4 is 19.9 Å². The molecule has 3 N–H and O–H groups in total. The van der Waals surface area contributed by atoms with E-state index in [1.807, 2.05) is 0 Å². The van der Waals surface area contributed by atoms with Crippen LogP contribution in [0.25, 0.3) is 0 Å². The molecule has 0 spiro atoms. The van der Waals surface area contributed by atoms with Crippen LogP contribution in [0.2, 0.25) is 0 Å². The zero-order valence-corrected chi connectivity index (χ0v) is 13.5. The second-order valence-corrected chi connectivity index (χ2v) is 5.15. The molecule has 21 heavy (non-hydrogen) atoms. The molecule has 120 valence electrons. The van der Waals surface area contributed by atoms with Crippen molar-refractivity contribution in [3.63, 3.8) is 0 Å². The van der Waals surface area contributed by atoms with Gasteiger partial charge in [-0.25, -0.2) is 0 Å². The van der Waals surface area contributed by atoms with E-state index in [2.05, 4.69) is 0 Å². The molecule has 0 saturated heterocycles. The fourth-order valence-corrected chi connectivity index (χ4v) is 2.61. The molecule has 6 heteroatoms. The molecule has 1 aromatic rings. The lowest BCUT2D eigenvalue weighted by molar-refractivity contribution is 0.0401. The first-order chi connectivity index (χ1) is 9.62. The summed E-state index contributed by atoms with van der Waals surface area (Å²) >= 11 is 0. The van der Waals surface area contributed by atoms with Crippen LogP contribution in [0.4, 0.5) is 0 Å². The van der Waals surface area contributed by atoms with Crippen molar-refractivity contribution in [1.82, 2.24) is 0 Å². The predicted octanol–water partition coefficient (Wildman–Crippen LogP) is 2.30. The number of nitrogens with two attached hydrogens (primary N) is 1. The van der Waals surface area contributed by atoms with Gasteiger partial charge in [0.05, 0.1) is 39.0 Å². The van der Waals surface area contributed by atoms with E-state index >= 15 is 0 Å². The number of hydrogen-bond acceptors (Lipinski definition) is 5. The summed E-state index contributed by atoms with van der Waals surface area (Å²) in [5.74, 6) is 2.05. The monoisotopic (exact) mass is 317 g/mol. The number of aliphatic hydroxyl groups is 1. The molecule has 0 radical (unpaired) electrons. The zero-order valence-electron chi connectivity index (χ0n) is 12.7. The van der Waals surface area contributed by atoms with Crippen molar-refractivity contribution in [3.8, 4) is 17.2 Å². The van der Waals surface area contributed by atoms with Crippen LogP contribution in [-0.4, -0.2) is 32.5 Å². The number of methoxy groups -OCH3 is 3. The Kier molecular flexibility index (Phi) is 6.58. The third kappa shape index (κ3) is 3.54. The predicted molar refractivity (Wildman–Crippen MR) is 83.6 cm³/mol. The number of benzene rings is 1. The topological polar surface area (TPSA) is 73.9 Å². The van der Waals surface area contributed by atoms with Crippen LogP contribution in [0.1, 0.15) is 30.9 Å². The van der Waals surface area contributed by atoms with Crippen molar-refractivity contribution in [2.24, 2.45) is 11.7 Å². The quantitative estimate of drug-likeness (QED) is 0.842. The summed E-state index contributed by atoms with van der Waals surface area (Å²) in [6.45, 7) is 0. The van der Waals surface area contributed by atoms with Gasteiger partial charge in [-0.2, -0.15) is 0 Å².